The second-order valence-corrected chi connectivity index (χ2v) is 8.20. The van der Waals surface area contributed by atoms with E-state index in [4.69, 9.17) is 9.84 Å². The van der Waals surface area contributed by atoms with Crippen molar-refractivity contribution in [2.45, 2.75) is 0 Å². The van der Waals surface area contributed by atoms with Crippen LogP contribution >= 0.6 is 0 Å². The van der Waals surface area contributed by atoms with Crippen molar-refractivity contribution in [1.29, 1.82) is 0 Å². The first-order valence-electron chi connectivity index (χ1n) is 5.20. The van der Waals surface area contributed by atoms with E-state index >= 15 is 0 Å². The summed E-state index contributed by atoms with van der Waals surface area (Å²) < 4.78 is 52.0. The summed E-state index contributed by atoms with van der Waals surface area (Å²) in [7, 11) is -7.74. The van der Waals surface area contributed by atoms with Crippen LogP contribution in [-0.2, 0) is 24.7 Å². The summed E-state index contributed by atoms with van der Waals surface area (Å²) in [5.74, 6) is -1.03. The third kappa shape index (κ3) is 6.38. The van der Waals surface area contributed by atoms with Crippen molar-refractivity contribution in [3.05, 3.63) is 24.3 Å². The van der Waals surface area contributed by atoms with Crippen molar-refractivity contribution >= 4 is 31.5 Å². The van der Waals surface area contributed by atoms with Crippen molar-refractivity contribution < 1.29 is 31.5 Å². The number of nitrogens with one attached hydrogen (secondary N) is 1. The Morgan fingerprint density at radius 2 is 1.95 bits per heavy atom. The van der Waals surface area contributed by atoms with E-state index in [-0.39, 0.29) is 11.4 Å². The first-order chi connectivity index (χ1) is 9.07. The number of sulfone groups is 1. The molecule has 0 saturated heterocycles. The normalized spacial score (nSPS) is 11.8. The number of carbonyl (C=O) groups is 1. The topological polar surface area (TPSA) is 127 Å². The minimum absolute atomic E-state index is 0.0801. The van der Waals surface area contributed by atoms with E-state index in [9.17, 15) is 21.6 Å². The molecule has 0 saturated carbocycles. The third-order valence-corrected chi connectivity index (χ3v) is 5.34. The van der Waals surface area contributed by atoms with Crippen LogP contribution in [0, 0.1) is 0 Å². The molecule has 0 aliphatic heterocycles. The lowest BCUT2D eigenvalue weighted by molar-refractivity contribution is -0.139. The molecule has 0 heterocycles. The van der Waals surface area contributed by atoms with Crippen LogP contribution < -0.4 is 9.46 Å². The van der Waals surface area contributed by atoms with Crippen LogP contribution in [0.15, 0.2) is 24.3 Å². The van der Waals surface area contributed by atoms with Crippen LogP contribution in [0.1, 0.15) is 0 Å². The summed E-state index contributed by atoms with van der Waals surface area (Å²) in [6, 6.07) is 5.52. The summed E-state index contributed by atoms with van der Waals surface area (Å²) in [5, 5.41) is 7.41. The SMILES string of the molecule is CS(=O)(=O)CS(=O)(=O)Nc1cccc(OCC(=O)O)c1. The number of aliphatic carboxylic acids is 1. The Kier molecular flexibility index (Phi) is 4.95. The highest BCUT2D eigenvalue weighted by atomic mass is 32.3. The van der Waals surface area contributed by atoms with Crippen LogP contribution in [0.4, 0.5) is 5.69 Å². The average molecular weight is 323 g/mol. The molecule has 0 unspecified atom stereocenters. The molecule has 0 aromatic heterocycles. The van der Waals surface area contributed by atoms with Crippen molar-refractivity contribution in [1.82, 2.24) is 0 Å². The molecule has 0 spiro atoms. The van der Waals surface area contributed by atoms with Gasteiger partial charge in [-0.15, -0.1) is 0 Å². The molecule has 1 aromatic carbocycles. The van der Waals surface area contributed by atoms with Crippen LogP contribution in [0.2, 0.25) is 0 Å². The van der Waals surface area contributed by atoms with Gasteiger partial charge < -0.3 is 9.84 Å². The molecule has 0 fully saturated rings. The molecule has 1 rings (SSSR count). The maximum atomic E-state index is 11.6. The molecular weight excluding hydrogens is 310 g/mol. The van der Waals surface area contributed by atoms with Gasteiger partial charge in [0.25, 0.3) is 0 Å². The smallest absolute Gasteiger partial charge is 0.341 e. The highest BCUT2D eigenvalue weighted by Crippen LogP contribution is 2.18. The van der Waals surface area contributed by atoms with Gasteiger partial charge in [-0.1, -0.05) is 6.07 Å². The van der Waals surface area contributed by atoms with Crippen LogP contribution in [0.3, 0.4) is 0 Å². The number of benzene rings is 1. The molecule has 0 atom stereocenters. The van der Waals surface area contributed by atoms with Gasteiger partial charge in [0.2, 0.25) is 10.0 Å². The van der Waals surface area contributed by atoms with Gasteiger partial charge in [-0.2, -0.15) is 0 Å². The highest BCUT2D eigenvalue weighted by molar-refractivity contribution is 8.08. The zero-order valence-corrected chi connectivity index (χ0v) is 12.1. The van der Waals surface area contributed by atoms with Gasteiger partial charge in [0, 0.05) is 12.3 Å². The highest BCUT2D eigenvalue weighted by Gasteiger charge is 2.18. The van der Waals surface area contributed by atoms with Crippen molar-refractivity contribution in [2.75, 3.05) is 22.7 Å². The van der Waals surface area contributed by atoms with E-state index in [0.29, 0.717) is 0 Å². The first kappa shape index (κ1) is 16.2. The summed E-state index contributed by atoms with van der Waals surface area (Å²) >= 11 is 0. The zero-order chi connectivity index (χ0) is 15.4. The Bertz CT molecular complexity index is 694. The molecule has 0 aliphatic carbocycles. The second-order valence-electron chi connectivity index (χ2n) is 3.97. The summed E-state index contributed by atoms with van der Waals surface area (Å²) in [6.45, 7) is -0.570. The fraction of sp³-hybridized carbons (Fsp3) is 0.300. The predicted octanol–water partition coefficient (Wildman–Crippen LogP) is -0.106. The minimum Gasteiger partial charge on any atom is -0.482 e. The zero-order valence-electron chi connectivity index (χ0n) is 10.4. The molecule has 1 aromatic rings. The Balaban J connectivity index is 2.83. The number of sulfonamides is 1. The molecule has 0 amide bonds. The van der Waals surface area contributed by atoms with E-state index in [2.05, 4.69) is 4.72 Å². The van der Waals surface area contributed by atoms with Crippen LogP contribution in [0.25, 0.3) is 0 Å². The van der Waals surface area contributed by atoms with E-state index in [0.717, 1.165) is 6.26 Å². The number of rotatable bonds is 7. The first-order valence-corrected chi connectivity index (χ1v) is 8.91. The van der Waals surface area contributed by atoms with E-state index < -0.39 is 37.5 Å². The lowest BCUT2D eigenvalue weighted by Crippen LogP contribution is -2.22. The summed E-state index contributed by atoms with van der Waals surface area (Å²) in [6.07, 6.45) is 0.804. The van der Waals surface area contributed by atoms with Gasteiger partial charge >= 0.3 is 5.97 Å². The fourth-order valence-corrected chi connectivity index (χ4v) is 4.26. The molecule has 112 valence electrons. The van der Waals surface area contributed by atoms with Crippen molar-refractivity contribution in [2.24, 2.45) is 0 Å². The van der Waals surface area contributed by atoms with Crippen LogP contribution in [0.5, 0.6) is 5.75 Å². The Morgan fingerprint density at radius 1 is 1.30 bits per heavy atom. The van der Waals surface area contributed by atoms with E-state index in [1.165, 1.54) is 24.3 Å². The fourth-order valence-electron chi connectivity index (χ4n) is 1.29. The van der Waals surface area contributed by atoms with Gasteiger partial charge in [-0.05, 0) is 12.1 Å². The molecule has 0 bridgehead atoms. The summed E-state index contributed by atoms with van der Waals surface area (Å²) in [5.41, 5.74) is 0.0801. The second kappa shape index (κ2) is 6.09. The lowest BCUT2D eigenvalue weighted by atomic mass is 10.3. The Hall–Kier alpha value is -1.81. The monoisotopic (exact) mass is 323 g/mol. The lowest BCUT2D eigenvalue weighted by Gasteiger charge is -2.09. The van der Waals surface area contributed by atoms with Crippen molar-refractivity contribution in [3.63, 3.8) is 0 Å². The minimum atomic E-state index is -4.05. The van der Waals surface area contributed by atoms with E-state index in [1.54, 1.807) is 0 Å². The predicted molar refractivity (Wildman–Crippen MR) is 71.8 cm³/mol. The van der Waals surface area contributed by atoms with Crippen LogP contribution in [-0.4, -0.2) is 45.9 Å². The van der Waals surface area contributed by atoms with E-state index in [1.807, 2.05) is 0 Å². The van der Waals surface area contributed by atoms with Gasteiger partial charge in [0.1, 0.15) is 5.75 Å². The summed E-state index contributed by atoms with van der Waals surface area (Å²) in [4.78, 5) is 10.3. The Labute approximate surface area is 116 Å². The maximum Gasteiger partial charge on any atom is 0.341 e. The van der Waals surface area contributed by atoms with Gasteiger partial charge in [-0.25, -0.2) is 21.6 Å². The molecule has 0 radical (unpaired) electrons. The van der Waals surface area contributed by atoms with Gasteiger partial charge in [-0.3, -0.25) is 4.72 Å². The quantitative estimate of drug-likeness (QED) is 0.717. The molecule has 8 nitrogen and oxygen atoms in total. The number of carboxylic acid groups (broad SMARTS) is 1. The number of carboxylic acids is 1. The number of ether oxygens (including phenoxy) is 1. The maximum absolute atomic E-state index is 11.6. The molecule has 2 N–H and O–H groups in total. The number of anilines is 1. The van der Waals surface area contributed by atoms with Gasteiger partial charge in [0.15, 0.2) is 21.5 Å². The molecule has 20 heavy (non-hydrogen) atoms. The van der Waals surface area contributed by atoms with Gasteiger partial charge in [0.05, 0.1) is 5.69 Å². The molecular formula is C10H13NO7S2. The molecule has 10 heteroatoms. The Morgan fingerprint density at radius 3 is 2.50 bits per heavy atom. The molecule has 0 aliphatic rings. The average Bonchev–Trinajstić information content (AvgIpc) is 2.22. The standard InChI is InChI=1S/C10H13NO7S2/c1-19(14,15)7-20(16,17)11-8-3-2-4-9(5-8)18-6-10(12)13/h2-5,11H,6-7H2,1H3,(H,12,13). The third-order valence-electron chi connectivity index (χ3n) is 1.84. The number of hydrogen-bond donors (Lipinski definition) is 2. The largest absolute Gasteiger partial charge is 0.482 e. The van der Waals surface area contributed by atoms with Crippen molar-refractivity contribution in [3.8, 4) is 5.75 Å². The number of hydrogen-bond acceptors (Lipinski definition) is 6.